The van der Waals surface area contributed by atoms with Gasteiger partial charge in [0.1, 0.15) is 0 Å². The van der Waals surface area contributed by atoms with Crippen molar-refractivity contribution in [3.05, 3.63) is 0 Å². The lowest BCUT2D eigenvalue weighted by molar-refractivity contribution is -0.166. The van der Waals surface area contributed by atoms with Crippen LogP contribution < -0.4 is 0 Å². The lowest BCUT2D eigenvalue weighted by Crippen LogP contribution is -2.29. The van der Waals surface area contributed by atoms with Crippen molar-refractivity contribution < 1.29 is 24.5 Å². The van der Waals surface area contributed by atoms with E-state index in [2.05, 4.69) is 32.6 Å². The third-order valence-corrected chi connectivity index (χ3v) is 10.7. The van der Waals surface area contributed by atoms with Crippen molar-refractivity contribution in [3.63, 3.8) is 0 Å². The average molecular weight is 726 g/mol. The van der Waals surface area contributed by atoms with Gasteiger partial charge in [-0.15, -0.1) is 0 Å². The smallest absolute Gasteiger partial charge is 0.305 e. The lowest BCUT2D eigenvalue weighted by atomic mass is 9.93. The van der Waals surface area contributed by atoms with E-state index in [9.17, 15) is 15.0 Å². The van der Waals surface area contributed by atoms with E-state index in [1.165, 1.54) is 135 Å². The molecule has 0 radical (unpaired) electrons. The molecule has 0 amide bonds. The second-order valence-corrected chi connectivity index (χ2v) is 15.8. The largest absolute Gasteiger partial charge is 0.466 e. The highest BCUT2D eigenvalue weighted by Gasteiger charge is 2.21. The molecule has 0 bridgehead atoms. The maximum absolute atomic E-state index is 12.0. The topological polar surface area (TPSA) is 79.2 Å². The van der Waals surface area contributed by atoms with Crippen molar-refractivity contribution >= 4 is 5.97 Å². The first kappa shape index (κ1) is 50.3. The van der Waals surface area contributed by atoms with E-state index >= 15 is 0 Å². The highest BCUT2D eigenvalue weighted by atomic mass is 16.6. The van der Waals surface area contributed by atoms with Gasteiger partial charge in [-0.2, -0.15) is 0 Å². The number of aliphatic hydroxyl groups is 2. The molecule has 0 rings (SSSR count). The minimum atomic E-state index is -0.626. The molecule has 2 atom stereocenters. The van der Waals surface area contributed by atoms with Crippen LogP contribution >= 0.6 is 0 Å². The SMILES string of the molecule is CCCCCCCCCOC(=O)CCCCCCCN(CCO)CCCCCCC(C)OC(O)C(CCCCCCCC)CCCCCCCC. The number of esters is 1. The van der Waals surface area contributed by atoms with Crippen molar-refractivity contribution in [1.29, 1.82) is 0 Å². The highest BCUT2D eigenvalue weighted by Crippen LogP contribution is 2.25. The average Bonchev–Trinajstić information content (AvgIpc) is 3.12. The summed E-state index contributed by atoms with van der Waals surface area (Å²) in [5.41, 5.74) is 0. The van der Waals surface area contributed by atoms with E-state index in [1.54, 1.807) is 0 Å². The Morgan fingerprint density at radius 1 is 0.529 bits per heavy atom. The molecule has 0 aliphatic carbocycles. The molecule has 6 nitrogen and oxygen atoms in total. The zero-order valence-electron chi connectivity index (χ0n) is 35.0. The van der Waals surface area contributed by atoms with E-state index < -0.39 is 6.29 Å². The predicted molar refractivity (Wildman–Crippen MR) is 219 cm³/mol. The van der Waals surface area contributed by atoms with Gasteiger partial charge in [-0.05, 0) is 65.0 Å². The summed E-state index contributed by atoms with van der Waals surface area (Å²) in [7, 11) is 0. The molecule has 0 aromatic heterocycles. The van der Waals surface area contributed by atoms with Crippen molar-refractivity contribution in [2.45, 2.75) is 246 Å². The molecular formula is C45H91NO5. The molecule has 0 fully saturated rings. The molecule has 2 unspecified atom stereocenters. The summed E-state index contributed by atoms with van der Waals surface area (Å²) < 4.78 is 11.6. The Kier molecular flexibility index (Phi) is 39.9. The zero-order valence-corrected chi connectivity index (χ0v) is 35.0. The number of aliphatic hydroxyl groups excluding tert-OH is 2. The Balaban J connectivity index is 4.05. The van der Waals surface area contributed by atoms with E-state index in [4.69, 9.17) is 9.47 Å². The van der Waals surface area contributed by atoms with Crippen LogP contribution in [0.4, 0.5) is 0 Å². The highest BCUT2D eigenvalue weighted by molar-refractivity contribution is 5.69. The number of unbranched alkanes of at least 4 members (excludes halogenated alkanes) is 23. The molecular weight excluding hydrogens is 634 g/mol. The Bertz CT molecular complexity index is 676. The van der Waals surface area contributed by atoms with Gasteiger partial charge in [0.2, 0.25) is 0 Å². The molecule has 0 saturated carbocycles. The van der Waals surface area contributed by atoms with E-state index in [1.807, 2.05) is 0 Å². The van der Waals surface area contributed by atoms with Crippen molar-refractivity contribution in [2.75, 3.05) is 32.8 Å². The molecule has 0 heterocycles. The number of rotatable bonds is 42. The van der Waals surface area contributed by atoms with Gasteiger partial charge in [0.05, 0.1) is 19.3 Å². The summed E-state index contributed by atoms with van der Waals surface area (Å²) in [4.78, 5) is 14.4. The summed E-state index contributed by atoms with van der Waals surface area (Å²) in [6.45, 7) is 12.6. The molecule has 0 saturated heterocycles. The Hall–Kier alpha value is -0.690. The number of nitrogens with zero attached hydrogens (tertiary/aromatic N) is 1. The summed E-state index contributed by atoms with van der Waals surface area (Å²) in [5.74, 6) is 0.247. The summed E-state index contributed by atoms with van der Waals surface area (Å²) >= 11 is 0. The Labute approximate surface area is 319 Å². The van der Waals surface area contributed by atoms with Crippen LogP contribution in [0.5, 0.6) is 0 Å². The zero-order chi connectivity index (χ0) is 37.5. The molecule has 0 aromatic rings. The van der Waals surface area contributed by atoms with Crippen LogP contribution in [0.2, 0.25) is 0 Å². The first-order valence-corrected chi connectivity index (χ1v) is 22.8. The molecule has 2 N–H and O–H groups in total. The first-order valence-electron chi connectivity index (χ1n) is 22.8. The van der Waals surface area contributed by atoms with Crippen molar-refractivity contribution in [2.24, 2.45) is 5.92 Å². The van der Waals surface area contributed by atoms with Crippen molar-refractivity contribution in [1.82, 2.24) is 4.90 Å². The van der Waals surface area contributed by atoms with Crippen LogP contribution in [0, 0.1) is 5.92 Å². The minimum absolute atomic E-state index is 0.0269. The Morgan fingerprint density at radius 3 is 1.43 bits per heavy atom. The van der Waals surface area contributed by atoms with Crippen LogP contribution in [0.3, 0.4) is 0 Å². The van der Waals surface area contributed by atoms with Gasteiger partial charge in [0.15, 0.2) is 6.29 Å². The molecule has 6 heteroatoms. The van der Waals surface area contributed by atoms with Gasteiger partial charge in [-0.3, -0.25) is 4.79 Å². The summed E-state index contributed by atoms with van der Waals surface area (Å²) in [6, 6.07) is 0. The molecule has 0 aliphatic rings. The second kappa shape index (κ2) is 40.5. The normalized spacial score (nSPS) is 13.0. The molecule has 306 valence electrons. The molecule has 0 aliphatic heterocycles. The lowest BCUT2D eigenvalue weighted by Gasteiger charge is -2.26. The van der Waals surface area contributed by atoms with Crippen molar-refractivity contribution in [3.8, 4) is 0 Å². The van der Waals surface area contributed by atoms with Gasteiger partial charge in [0.25, 0.3) is 0 Å². The minimum Gasteiger partial charge on any atom is -0.466 e. The fraction of sp³-hybridized carbons (Fsp3) is 0.978. The standard InChI is InChI=1S/C45H91NO5/c1-5-8-11-14-17-25-32-41-50-44(48)36-29-21-18-23-30-37-46(39-40-47)38-31-24-22-26-33-42(4)51-45(49)43(34-27-19-15-12-9-6-2)35-28-20-16-13-10-7-3/h42-43,45,47,49H,5-41H2,1-4H3. The Morgan fingerprint density at radius 2 is 0.941 bits per heavy atom. The van der Waals surface area contributed by atoms with Gasteiger partial charge in [-0.1, -0.05) is 175 Å². The predicted octanol–water partition coefficient (Wildman–Crippen LogP) is 12.7. The number of carbonyl (C=O) groups is 1. The number of hydrogen-bond donors (Lipinski definition) is 2. The number of ether oxygens (including phenoxy) is 2. The maximum Gasteiger partial charge on any atom is 0.305 e. The van der Waals surface area contributed by atoms with E-state index in [-0.39, 0.29) is 24.6 Å². The fourth-order valence-electron chi connectivity index (χ4n) is 7.27. The van der Waals surface area contributed by atoms with Crippen LogP contribution in [-0.2, 0) is 14.3 Å². The van der Waals surface area contributed by atoms with Gasteiger partial charge in [0, 0.05) is 18.9 Å². The van der Waals surface area contributed by atoms with Gasteiger partial charge in [-0.25, -0.2) is 0 Å². The molecule has 51 heavy (non-hydrogen) atoms. The molecule has 0 aromatic carbocycles. The third kappa shape index (κ3) is 36.1. The quantitative estimate of drug-likeness (QED) is 0.0370. The monoisotopic (exact) mass is 726 g/mol. The number of hydrogen-bond acceptors (Lipinski definition) is 6. The summed E-state index contributed by atoms with van der Waals surface area (Å²) in [6.07, 6.45) is 37.7. The van der Waals surface area contributed by atoms with Gasteiger partial charge < -0.3 is 24.6 Å². The van der Waals surface area contributed by atoms with Crippen LogP contribution in [-0.4, -0.2) is 66.3 Å². The van der Waals surface area contributed by atoms with Crippen LogP contribution in [0.1, 0.15) is 233 Å². The first-order chi connectivity index (χ1) is 25.0. The van der Waals surface area contributed by atoms with Crippen LogP contribution in [0.25, 0.3) is 0 Å². The van der Waals surface area contributed by atoms with Gasteiger partial charge >= 0.3 is 5.97 Å². The molecule has 0 spiro atoms. The second-order valence-electron chi connectivity index (χ2n) is 15.8. The third-order valence-electron chi connectivity index (χ3n) is 10.7. The number of carbonyl (C=O) groups excluding carboxylic acids is 1. The van der Waals surface area contributed by atoms with Crippen LogP contribution in [0.15, 0.2) is 0 Å². The fourth-order valence-corrected chi connectivity index (χ4v) is 7.27. The summed E-state index contributed by atoms with van der Waals surface area (Å²) in [5, 5.41) is 20.6. The maximum atomic E-state index is 12.0. The van der Waals surface area contributed by atoms with E-state index in [0.717, 1.165) is 83.8 Å². The van der Waals surface area contributed by atoms with E-state index in [0.29, 0.717) is 13.0 Å².